The summed E-state index contributed by atoms with van der Waals surface area (Å²) in [5.41, 5.74) is 2.86. The van der Waals surface area contributed by atoms with Gasteiger partial charge >= 0.3 is 6.18 Å². The van der Waals surface area contributed by atoms with E-state index in [0.717, 1.165) is 6.08 Å². The SMILES string of the molecule is NC(=O)C1=C(Cl)C(C(F)(F)F)=CCN1C(c1ccccc1)C1(O)CCC(F)CC1. The molecule has 1 aliphatic carbocycles. The summed E-state index contributed by atoms with van der Waals surface area (Å²) in [4.78, 5) is 13.4. The van der Waals surface area contributed by atoms with Crippen LogP contribution >= 0.6 is 11.6 Å². The fraction of sp³-hybridized carbons (Fsp3) is 0.450. The summed E-state index contributed by atoms with van der Waals surface area (Å²) >= 11 is 5.97. The van der Waals surface area contributed by atoms with Gasteiger partial charge in [-0.05, 0) is 31.2 Å². The number of nitrogens with zero attached hydrogens (tertiary/aromatic N) is 1. The number of halogens is 5. The van der Waals surface area contributed by atoms with E-state index in [1.165, 1.54) is 4.90 Å². The Hall–Kier alpha value is -2.06. The number of primary amides is 1. The van der Waals surface area contributed by atoms with Crippen LogP contribution in [0, 0.1) is 0 Å². The standard InChI is InChI=1S/C20H21ClF4N2O2/c21-15-14(20(23,24)25)8-11-27(16(15)18(26)28)17(12-4-2-1-3-5-12)19(29)9-6-13(22)7-10-19/h1-5,8,13,17,29H,6-7,9-11H2,(H2,26,28). The first-order valence-corrected chi connectivity index (χ1v) is 9.58. The van der Waals surface area contributed by atoms with Crippen LogP contribution in [-0.4, -0.2) is 40.4 Å². The van der Waals surface area contributed by atoms with Gasteiger partial charge in [0.1, 0.15) is 11.9 Å². The molecular weight excluding hydrogens is 412 g/mol. The summed E-state index contributed by atoms with van der Waals surface area (Å²) in [6.45, 7) is -0.329. The Morgan fingerprint density at radius 3 is 2.34 bits per heavy atom. The molecule has 1 fully saturated rings. The molecule has 0 spiro atoms. The van der Waals surface area contributed by atoms with Gasteiger partial charge in [0.05, 0.1) is 22.2 Å². The smallest absolute Gasteiger partial charge is 0.387 e. The first kappa shape index (κ1) is 21.6. The van der Waals surface area contributed by atoms with Crippen molar-refractivity contribution in [2.45, 2.75) is 49.7 Å². The number of benzene rings is 1. The molecule has 9 heteroatoms. The lowest BCUT2D eigenvalue weighted by atomic mass is 9.75. The van der Waals surface area contributed by atoms with Crippen molar-refractivity contribution in [3.8, 4) is 0 Å². The molecule has 29 heavy (non-hydrogen) atoms. The second kappa shape index (κ2) is 7.99. The Kier molecular flexibility index (Phi) is 5.96. The fourth-order valence-corrected chi connectivity index (χ4v) is 4.51. The van der Waals surface area contributed by atoms with E-state index in [0.29, 0.717) is 5.56 Å². The van der Waals surface area contributed by atoms with E-state index in [4.69, 9.17) is 17.3 Å². The largest absolute Gasteiger partial charge is 0.417 e. The third-order valence-corrected chi connectivity index (χ3v) is 5.86. The second-order valence-electron chi connectivity index (χ2n) is 7.39. The normalized spacial score (nSPS) is 26.9. The Morgan fingerprint density at radius 1 is 1.24 bits per heavy atom. The molecule has 1 saturated carbocycles. The monoisotopic (exact) mass is 432 g/mol. The van der Waals surface area contributed by atoms with Crippen LogP contribution in [0.25, 0.3) is 0 Å². The van der Waals surface area contributed by atoms with Crippen LogP contribution in [-0.2, 0) is 4.79 Å². The maximum atomic E-state index is 13.7. The molecule has 1 aromatic rings. The van der Waals surface area contributed by atoms with E-state index in [9.17, 15) is 27.5 Å². The molecule has 1 heterocycles. The van der Waals surface area contributed by atoms with E-state index >= 15 is 0 Å². The molecule has 0 radical (unpaired) electrons. The van der Waals surface area contributed by atoms with E-state index in [1.54, 1.807) is 30.3 Å². The van der Waals surface area contributed by atoms with Crippen molar-refractivity contribution in [3.63, 3.8) is 0 Å². The Labute approximate surface area is 170 Å². The molecule has 1 aliphatic heterocycles. The highest BCUT2D eigenvalue weighted by Crippen LogP contribution is 2.47. The zero-order valence-electron chi connectivity index (χ0n) is 15.4. The van der Waals surface area contributed by atoms with Crippen molar-refractivity contribution in [1.82, 2.24) is 4.90 Å². The second-order valence-corrected chi connectivity index (χ2v) is 7.76. The molecule has 0 bridgehead atoms. The molecule has 3 rings (SSSR count). The Morgan fingerprint density at radius 2 is 1.83 bits per heavy atom. The van der Waals surface area contributed by atoms with Crippen LogP contribution in [0.1, 0.15) is 37.3 Å². The predicted octanol–water partition coefficient (Wildman–Crippen LogP) is 4.11. The zero-order valence-corrected chi connectivity index (χ0v) is 16.2. The first-order valence-electron chi connectivity index (χ1n) is 9.20. The molecule has 0 aromatic heterocycles. The molecule has 1 unspecified atom stereocenters. The molecule has 1 aromatic carbocycles. The van der Waals surface area contributed by atoms with E-state index in [-0.39, 0.29) is 32.2 Å². The van der Waals surface area contributed by atoms with Crippen LogP contribution in [0.4, 0.5) is 17.6 Å². The fourth-order valence-electron chi connectivity index (χ4n) is 4.12. The van der Waals surface area contributed by atoms with Crippen molar-refractivity contribution in [2.24, 2.45) is 5.73 Å². The summed E-state index contributed by atoms with van der Waals surface area (Å²) in [5.74, 6) is -1.13. The van der Waals surface area contributed by atoms with Gasteiger partial charge in [0.25, 0.3) is 5.91 Å². The van der Waals surface area contributed by atoms with Crippen LogP contribution < -0.4 is 5.73 Å². The summed E-state index contributed by atoms with van der Waals surface area (Å²) < 4.78 is 53.6. The van der Waals surface area contributed by atoms with Gasteiger partial charge in [0.15, 0.2) is 0 Å². The number of carbonyl (C=O) groups excluding carboxylic acids is 1. The van der Waals surface area contributed by atoms with Crippen molar-refractivity contribution in [3.05, 3.63) is 58.3 Å². The molecule has 3 N–H and O–H groups in total. The van der Waals surface area contributed by atoms with Gasteiger partial charge in [0.2, 0.25) is 0 Å². The van der Waals surface area contributed by atoms with E-state index in [1.807, 2.05) is 0 Å². The average Bonchev–Trinajstić information content (AvgIpc) is 2.64. The minimum atomic E-state index is -4.75. The molecular formula is C20H21ClF4N2O2. The molecule has 4 nitrogen and oxygen atoms in total. The highest BCUT2D eigenvalue weighted by Gasteiger charge is 2.48. The quantitative estimate of drug-likeness (QED) is 0.704. The number of alkyl halides is 4. The van der Waals surface area contributed by atoms with Crippen molar-refractivity contribution in [2.75, 3.05) is 6.54 Å². The number of hydrogen-bond donors (Lipinski definition) is 2. The highest BCUT2D eigenvalue weighted by molar-refractivity contribution is 6.34. The summed E-state index contributed by atoms with van der Waals surface area (Å²) in [6, 6.07) is 7.64. The van der Waals surface area contributed by atoms with Gasteiger partial charge in [0, 0.05) is 6.54 Å². The van der Waals surface area contributed by atoms with Crippen molar-refractivity contribution >= 4 is 17.5 Å². The van der Waals surface area contributed by atoms with Gasteiger partial charge in [-0.3, -0.25) is 4.79 Å². The van der Waals surface area contributed by atoms with E-state index in [2.05, 4.69) is 0 Å². The molecule has 1 amide bonds. The van der Waals surface area contributed by atoms with Gasteiger partial charge in [-0.1, -0.05) is 48.0 Å². The number of nitrogens with two attached hydrogens (primary N) is 1. The molecule has 2 aliphatic rings. The highest BCUT2D eigenvalue weighted by atomic mass is 35.5. The Balaban J connectivity index is 2.11. The molecule has 0 saturated heterocycles. The predicted molar refractivity (Wildman–Crippen MR) is 100 cm³/mol. The lowest BCUT2D eigenvalue weighted by Crippen LogP contribution is -2.51. The minimum absolute atomic E-state index is 0.0870. The molecule has 1 atom stereocenters. The lowest BCUT2D eigenvalue weighted by molar-refractivity contribution is -0.119. The van der Waals surface area contributed by atoms with Gasteiger partial charge in [-0.2, -0.15) is 13.2 Å². The van der Waals surface area contributed by atoms with Crippen LogP contribution in [0.5, 0.6) is 0 Å². The number of hydrogen-bond acceptors (Lipinski definition) is 3. The van der Waals surface area contributed by atoms with Crippen LogP contribution in [0.15, 0.2) is 52.7 Å². The van der Waals surface area contributed by atoms with Crippen molar-refractivity contribution < 1.29 is 27.5 Å². The first-order chi connectivity index (χ1) is 13.5. The minimum Gasteiger partial charge on any atom is -0.387 e. The van der Waals surface area contributed by atoms with Gasteiger partial charge in [-0.15, -0.1) is 0 Å². The summed E-state index contributed by atoms with van der Waals surface area (Å²) in [7, 11) is 0. The number of amides is 1. The molecule has 158 valence electrons. The summed E-state index contributed by atoms with van der Waals surface area (Å²) in [5, 5.41) is 10.6. The van der Waals surface area contributed by atoms with Gasteiger partial charge < -0.3 is 15.7 Å². The third kappa shape index (κ3) is 4.28. The lowest BCUT2D eigenvalue weighted by Gasteiger charge is -2.47. The number of allylic oxidation sites excluding steroid dienone is 2. The average molecular weight is 433 g/mol. The maximum absolute atomic E-state index is 13.7. The van der Waals surface area contributed by atoms with E-state index < -0.39 is 46.2 Å². The van der Waals surface area contributed by atoms with Crippen LogP contribution in [0.2, 0.25) is 0 Å². The Bertz CT molecular complexity index is 831. The maximum Gasteiger partial charge on any atom is 0.417 e. The van der Waals surface area contributed by atoms with Gasteiger partial charge in [-0.25, -0.2) is 4.39 Å². The number of rotatable bonds is 4. The number of carbonyl (C=O) groups is 1. The third-order valence-electron chi connectivity index (χ3n) is 5.48. The van der Waals surface area contributed by atoms with Crippen LogP contribution in [0.3, 0.4) is 0 Å². The van der Waals surface area contributed by atoms with Crippen molar-refractivity contribution in [1.29, 1.82) is 0 Å². The zero-order chi connectivity index (χ0) is 21.4. The topological polar surface area (TPSA) is 66.6 Å². The summed E-state index contributed by atoms with van der Waals surface area (Å²) in [6.07, 6.45) is -4.54. The number of aliphatic hydroxyl groups is 1.